The number of hydrogen-bond acceptors (Lipinski definition) is 1. The Labute approximate surface area is 73.8 Å². The molecule has 0 aromatic heterocycles. The maximum atomic E-state index is 11.7. The molecular formula is C11H16O. The van der Waals surface area contributed by atoms with Crippen molar-refractivity contribution in [2.45, 2.75) is 32.6 Å². The third-order valence-electron chi connectivity index (χ3n) is 3.39. The lowest BCUT2D eigenvalue weighted by molar-refractivity contribution is -0.130. The first kappa shape index (κ1) is 8.03. The number of carbonyl (C=O) groups is 1. The van der Waals surface area contributed by atoms with Crippen LogP contribution < -0.4 is 0 Å². The second-order valence-corrected chi connectivity index (χ2v) is 4.19. The average Bonchev–Trinajstić information content (AvgIpc) is 2.12. The Kier molecular flexibility index (Phi) is 2.03. The van der Waals surface area contributed by atoms with E-state index in [2.05, 4.69) is 19.1 Å². The predicted octanol–water partition coefficient (Wildman–Crippen LogP) is 2.57. The van der Waals surface area contributed by atoms with Crippen LogP contribution in [-0.2, 0) is 4.79 Å². The smallest absolute Gasteiger partial charge is 0.139 e. The normalized spacial score (nSPS) is 41.1. The van der Waals surface area contributed by atoms with Gasteiger partial charge in [-0.2, -0.15) is 0 Å². The highest BCUT2D eigenvalue weighted by atomic mass is 16.1. The molecule has 1 heteroatoms. The van der Waals surface area contributed by atoms with E-state index < -0.39 is 0 Å². The van der Waals surface area contributed by atoms with Crippen LogP contribution in [0.1, 0.15) is 32.6 Å². The molecular weight excluding hydrogens is 148 g/mol. The van der Waals surface area contributed by atoms with E-state index in [1.54, 1.807) is 0 Å². The third-order valence-corrected chi connectivity index (χ3v) is 3.39. The van der Waals surface area contributed by atoms with E-state index in [4.69, 9.17) is 0 Å². The van der Waals surface area contributed by atoms with Crippen LogP contribution in [0.3, 0.4) is 0 Å². The summed E-state index contributed by atoms with van der Waals surface area (Å²) >= 11 is 0. The molecule has 2 aliphatic carbocycles. The summed E-state index contributed by atoms with van der Waals surface area (Å²) in [6.07, 6.45) is 8.95. The number of fused-ring (bicyclic) bond motifs is 1. The van der Waals surface area contributed by atoms with Crippen LogP contribution in [0.5, 0.6) is 0 Å². The largest absolute Gasteiger partial charge is 0.299 e. The molecule has 66 valence electrons. The van der Waals surface area contributed by atoms with Crippen molar-refractivity contribution in [2.24, 2.45) is 17.8 Å². The van der Waals surface area contributed by atoms with E-state index in [-0.39, 0.29) is 0 Å². The number of carbonyl (C=O) groups excluding carboxylic acids is 1. The van der Waals surface area contributed by atoms with Gasteiger partial charge in [0.15, 0.2) is 0 Å². The molecule has 0 spiro atoms. The van der Waals surface area contributed by atoms with Gasteiger partial charge >= 0.3 is 0 Å². The first-order valence-electron chi connectivity index (χ1n) is 4.97. The first-order valence-corrected chi connectivity index (χ1v) is 4.97. The lowest BCUT2D eigenvalue weighted by Crippen LogP contribution is -2.34. The molecule has 0 radical (unpaired) electrons. The van der Waals surface area contributed by atoms with Crippen LogP contribution in [0.4, 0.5) is 0 Å². The van der Waals surface area contributed by atoms with E-state index in [1.165, 1.54) is 6.42 Å². The van der Waals surface area contributed by atoms with Gasteiger partial charge in [0.1, 0.15) is 5.78 Å². The summed E-state index contributed by atoms with van der Waals surface area (Å²) in [5, 5.41) is 0. The fourth-order valence-electron chi connectivity index (χ4n) is 2.51. The maximum Gasteiger partial charge on any atom is 0.139 e. The Morgan fingerprint density at radius 1 is 1.25 bits per heavy atom. The summed E-state index contributed by atoms with van der Waals surface area (Å²) in [5.74, 6) is 1.91. The fraction of sp³-hybridized carbons (Fsp3) is 0.727. The molecule has 1 saturated carbocycles. The fourth-order valence-corrected chi connectivity index (χ4v) is 2.51. The van der Waals surface area contributed by atoms with Gasteiger partial charge in [-0.15, -0.1) is 0 Å². The Morgan fingerprint density at radius 3 is 2.83 bits per heavy atom. The van der Waals surface area contributed by atoms with Gasteiger partial charge in [-0.25, -0.2) is 0 Å². The Bertz CT molecular complexity index is 217. The van der Waals surface area contributed by atoms with Gasteiger partial charge in [0.05, 0.1) is 0 Å². The summed E-state index contributed by atoms with van der Waals surface area (Å²) < 4.78 is 0. The molecule has 0 saturated heterocycles. The molecule has 2 aliphatic rings. The molecule has 0 heterocycles. The lowest BCUT2D eigenvalue weighted by Gasteiger charge is -2.34. The monoisotopic (exact) mass is 164 g/mol. The number of allylic oxidation sites excluding steroid dienone is 2. The molecule has 0 aromatic rings. The van der Waals surface area contributed by atoms with Crippen LogP contribution in [0.2, 0.25) is 0 Å². The molecule has 0 N–H and O–H groups in total. The SMILES string of the molecule is CC1CCC2CC=CCC2C1=O. The second kappa shape index (κ2) is 3.04. The minimum Gasteiger partial charge on any atom is -0.299 e. The molecule has 0 aromatic carbocycles. The van der Waals surface area contributed by atoms with Gasteiger partial charge in [-0.1, -0.05) is 19.1 Å². The molecule has 0 aliphatic heterocycles. The van der Waals surface area contributed by atoms with Gasteiger partial charge in [0, 0.05) is 11.8 Å². The number of hydrogen-bond donors (Lipinski definition) is 0. The average molecular weight is 164 g/mol. The maximum absolute atomic E-state index is 11.7. The Hall–Kier alpha value is -0.590. The number of Topliss-reactive ketones (excluding diaryl/α,β-unsaturated/α-hetero) is 1. The highest BCUT2D eigenvalue weighted by Gasteiger charge is 2.35. The Balaban J connectivity index is 2.14. The predicted molar refractivity (Wildman–Crippen MR) is 48.8 cm³/mol. The topological polar surface area (TPSA) is 17.1 Å². The minimum absolute atomic E-state index is 0.331. The van der Waals surface area contributed by atoms with Crippen molar-refractivity contribution in [3.05, 3.63) is 12.2 Å². The van der Waals surface area contributed by atoms with E-state index >= 15 is 0 Å². The van der Waals surface area contributed by atoms with Gasteiger partial charge in [0.25, 0.3) is 0 Å². The molecule has 12 heavy (non-hydrogen) atoms. The van der Waals surface area contributed by atoms with E-state index in [1.807, 2.05) is 0 Å². The van der Waals surface area contributed by atoms with Crippen molar-refractivity contribution in [1.29, 1.82) is 0 Å². The van der Waals surface area contributed by atoms with Gasteiger partial charge < -0.3 is 0 Å². The standard InChI is InChI=1S/C11H16O/c1-8-6-7-9-4-2-3-5-10(9)11(8)12/h2-3,8-10H,4-7H2,1H3. The zero-order valence-corrected chi connectivity index (χ0v) is 7.62. The summed E-state index contributed by atoms with van der Waals surface area (Å²) in [6.45, 7) is 2.08. The molecule has 0 bridgehead atoms. The highest BCUT2D eigenvalue weighted by molar-refractivity contribution is 5.84. The van der Waals surface area contributed by atoms with Crippen LogP contribution >= 0.6 is 0 Å². The quantitative estimate of drug-likeness (QED) is 0.503. The first-order chi connectivity index (χ1) is 5.79. The van der Waals surface area contributed by atoms with Crippen LogP contribution in [0, 0.1) is 17.8 Å². The van der Waals surface area contributed by atoms with E-state index in [0.29, 0.717) is 23.5 Å². The van der Waals surface area contributed by atoms with Crippen LogP contribution in [0.25, 0.3) is 0 Å². The van der Waals surface area contributed by atoms with Crippen molar-refractivity contribution in [3.63, 3.8) is 0 Å². The number of rotatable bonds is 0. The summed E-state index contributed by atoms with van der Waals surface area (Å²) in [5.41, 5.74) is 0. The molecule has 0 amide bonds. The van der Waals surface area contributed by atoms with Crippen LogP contribution in [-0.4, -0.2) is 5.78 Å². The zero-order valence-electron chi connectivity index (χ0n) is 7.62. The molecule has 2 rings (SSSR count). The van der Waals surface area contributed by atoms with E-state index in [0.717, 1.165) is 19.3 Å². The van der Waals surface area contributed by atoms with Crippen molar-refractivity contribution >= 4 is 5.78 Å². The zero-order chi connectivity index (χ0) is 8.55. The minimum atomic E-state index is 0.331. The van der Waals surface area contributed by atoms with E-state index in [9.17, 15) is 4.79 Å². The molecule has 3 atom stereocenters. The van der Waals surface area contributed by atoms with Gasteiger partial charge in [0.2, 0.25) is 0 Å². The second-order valence-electron chi connectivity index (χ2n) is 4.19. The van der Waals surface area contributed by atoms with Crippen LogP contribution in [0.15, 0.2) is 12.2 Å². The summed E-state index contributed by atoms with van der Waals surface area (Å²) in [7, 11) is 0. The molecule has 1 nitrogen and oxygen atoms in total. The lowest BCUT2D eigenvalue weighted by atomic mass is 9.69. The van der Waals surface area contributed by atoms with Crippen molar-refractivity contribution in [3.8, 4) is 0 Å². The molecule has 3 unspecified atom stereocenters. The summed E-state index contributed by atoms with van der Waals surface area (Å²) in [4.78, 5) is 11.7. The number of ketones is 1. The van der Waals surface area contributed by atoms with Gasteiger partial charge in [-0.3, -0.25) is 4.79 Å². The highest BCUT2D eigenvalue weighted by Crippen LogP contribution is 2.37. The van der Waals surface area contributed by atoms with Crippen molar-refractivity contribution in [1.82, 2.24) is 0 Å². The third kappa shape index (κ3) is 1.21. The van der Waals surface area contributed by atoms with Crippen molar-refractivity contribution < 1.29 is 4.79 Å². The van der Waals surface area contributed by atoms with Crippen molar-refractivity contribution in [2.75, 3.05) is 0 Å². The molecule has 1 fully saturated rings. The Morgan fingerprint density at radius 2 is 2.00 bits per heavy atom. The van der Waals surface area contributed by atoms with Gasteiger partial charge in [-0.05, 0) is 31.6 Å². The summed E-state index contributed by atoms with van der Waals surface area (Å²) in [6, 6.07) is 0.